The minimum absolute atomic E-state index is 0.135. The van der Waals surface area contributed by atoms with Gasteiger partial charge in [-0.1, -0.05) is 13.8 Å². The minimum Gasteiger partial charge on any atom is -0.272 e. The Hall–Kier alpha value is -0.380. The molecule has 0 rings (SSSR count). The molecule has 0 radical (unpaired) electrons. The van der Waals surface area contributed by atoms with Crippen LogP contribution >= 0.6 is 0 Å². The fraction of sp³-hybridized carbons (Fsp3) is 0.800. The van der Waals surface area contributed by atoms with Gasteiger partial charge in [-0.3, -0.25) is 9.00 Å². The fourth-order valence-corrected chi connectivity index (χ4v) is 0.763. The van der Waals surface area contributed by atoms with Crippen molar-refractivity contribution in [1.29, 1.82) is 0 Å². The predicted molar refractivity (Wildman–Crippen MR) is 37.7 cm³/mol. The molecule has 0 bridgehead atoms. The van der Waals surface area contributed by atoms with E-state index in [0.717, 1.165) is 0 Å². The quantitative estimate of drug-likeness (QED) is 0.551. The van der Waals surface area contributed by atoms with E-state index in [1.54, 1.807) is 13.8 Å². The highest BCUT2D eigenvalue weighted by molar-refractivity contribution is 7.74. The minimum atomic E-state index is -1.65. The van der Waals surface area contributed by atoms with Gasteiger partial charge in [-0.05, 0) is 0 Å². The third kappa shape index (κ3) is 4.14. The van der Waals surface area contributed by atoms with Crippen LogP contribution in [0, 0.1) is 5.92 Å². The van der Waals surface area contributed by atoms with E-state index in [-0.39, 0.29) is 11.8 Å². The Labute approximate surface area is 56.7 Å². The van der Waals surface area contributed by atoms with Crippen LogP contribution in [0.25, 0.3) is 0 Å². The van der Waals surface area contributed by atoms with Gasteiger partial charge >= 0.3 is 0 Å². The highest BCUT2D eigenvalue weighted by atomic mass is 32.2. The Bertz CT molecular complexity index is 179. The van der Waals surface area contributed by atoms with E-state index in [4.69, 9.17) is 0 Å². The van der Waals surface area contributed by atoms with Crippen molar-refractivity contribution in [3.63, 3.8) is 0 Å². The average molecular weight is 149 g/mol. The van der Waals surface area contributed by atoms with Crippen LogP contribution < -0.4 is 0 Å². The molecule has 0 aromatic carbocycles. The third-order valence-corrected chi connectivity index (χ3v) is 1.21. The van der Waals surface area contributed by atoms with Crippen LogP contribution in [-0.2, 0) is 15.4 Å². The Morgan fingerprint density at radius 3 is 2.11 bits per heavy atom. The lowest BCUT2D eigenvalue weighted by molar-refractivity contribution is -0.120. The van der Waals surface area contributed by atoms with E-state index >= 15 is 0 Å². The molecule has 1 atom stereocenters. The molecule has 3 nitrogen and oxygen atoms in total. The van der Waals surface area contributed by atoms with Gasteiger partial charge in [-0.15, -0.1) is 0 Å². The van der Waals surface area contributed by atoms with Gasteiger partial charge in [0, 0.05) is 22.8 Å². The number of thiol groups is 1. The van der Waals surface area contributed by atoms with E-state index in [1.807, 2.05) is 0 Å². The fourth-order valence-electron chi connectivity index (χ4n) is 0.254. The molecule has 1 unspecified atom stereocenters. The Kier molecular flexibility index (Phi) is 3.46. The van der Waals surface area contributed by atoms with Gasteiger partial charge in [0.05, 0.1) is 0 Å². The second-order valence-corrected chi connectivity index (χ2v) is 3.19. The van der Waals surface area contributed by atoms with E-state index < -0.39 is 10.6 Å². The number of rotatable bonds is 1. The summed E-state index contributed by atoms with van der Waals surface area (Å²) < 4.78 is 13.7. The summed E-state index contributed by atoms with van der Waals surface area (Å²) >= 11 is 0. The molecule has 0 heterocycles. The van der Waals surface area contributed by atoms with Crippen molar-refractivity contribution < 1.29 is 9.00 Å². The lowest BCUT2D eigenvalue weighted by Crippen LogP contribution is -2.02. The summed E-state index contributed by atoms with van der Waals surface area (Å²) in [7, 11) is -1.65. The molecule has 0 N–H and O–H groups in total. The van der Waals surface area contributed by atoms with E-state index in [1.165, 1.54) is 6.26 Å². The van der Waals surface area contributed by atoms with Crippen molar-refractivity contribution in [1.82, 2.24) is 0 Å². The van der Waals surface area contributed by atoms with Gasteiger partial charge in [0.1, 0.15) is 0 Å². The number of carbonyl (C=O) groups is 1. The maximum atomic E-state index is 10.6. The van der Waals surface area contributed by atoms with Gasteiger partial charge in [0.15, 0.2) is 0 Å². The monoisotopic (exact) mass is 149 g/mol. The summed E-state index contributed by atoms with van der Waals surface area (Å²) in [6.45, 7) is 3.45. The molecule has 1 amide bonds. The lowest BCUT2D eigenvalue weighted by atomic mass is 10.2. The molecule has 0 aliphatic rings. The van der Waals surface area contributed by atoms with E-state index in [0.29, 0.717) is 0 Å². The highest BCUT2D eigenvalue weighted by Gasteiger charge is 2.02. The van der Waals surface area contributed by atoms with Crippen LogP contribution in [0.3, 0.4) is 0 Å². The Balaban J connectivity index is 4.10. The molecule has 9 heavy (non-hydrogen) atoms. The summed E-state index contributed by atoms with van der Waals surface area (Å²) in [5, 5.41) is 0. The smallest absolute Gasteiger partial charge is 0.256 e. The zero-order chi connectivity index (χ0) is 7.44. The zero-order valence-corrected chi connectivity index (χ0v) is 6.68. The lowest BCUT2D eigenvalue weighted by Gasteiger charge is -1.92. The van der Waals surface area contributed by atoms with Gasteiger partial charge in [-0.25, -0.2) is 0 Å². The SMILES string of the molecule is CC(C)C(=O)/N=[SH](/C)=O. The van der Waals surface area contributed by atoms with Crippen molar-refractivity contribution in [2.45, 2.75) is 13.8 Å². The first-order chi connectivity index (χ1) is 4.04. The van der Waals surface area contributed by atoms with Gasteiger partial charge in [0.25, 0.3) is 5.91 Å². The van der Waals surface area contributed by atoms with Crippen molar-refractivity contribution in [3.05, 3.63) is 0 Å². The summed E-state index contributed by atoms with van der Waals surface area (Å²) in [4.78, 5) is 10.6. The summed E-state index contributed by atoms with van der Waals surface area (Å²) in [6.07, 6.45) is 1.41. The van der Waals surface area contributed by atoms with Crippen molar-refractivity contribution in [2.24, 2.45) is 10.3 Å². The van der Waals surface area contributed by atoms with Gasteiger partial charge < -0.3 is 0 Å². The molecule has 0 aromatic rings. The molecular formula is C5H11NO2S. The topological polar surface area (TPSA) is 46.5 Å². The molecule has 0 saturated carbocycles. The van der Waals surface area contributed by atoms with Crippen LogP contribution in [0.1, 0.15) is 13.8 Å². The van der Waals surface area contributed by atoms with Crippen LogP contribution in [-0.4, -0.2) is 16.4 Å². The average Bonchev–Trinajstić information content (AvgIpc) is 1.63. The van der Waals surface area contributed by atoms with Crippen LogP contribution in [0.4, 0.5) is 0 Å². The number of nitrogens with zero attached hydrogens (tertiary/aromatic N) is 1. The van der Waals surface area contributed by atoms with Crippen LogP contribution in [0.5, 0.6) is 0 Å². The largest absolute Gasteiger partial charge is 0.272 e. The third-order valence-electron chi connectivity index (χ3n) is 0.733. The number of hydrogen-bond donors (Lipinski definition) is 1. The normalized spacial score (nSPS) is 14.2. The molecule has 0 spiro atoms. The standard InChI is InChI=1S/C5H11NO2S/c1-4(2)5(7)6-9(3)8/h4,9H,1-3H3. The van der Waals surface area contributed by atoms with Crippen LogP contribution in [0.15, 0.2) is 4.36 Å². The molecule has 0 saturated heterocycles. The van der Waals surface area contributed by atoms with E-state index in [2.05, 4.69) is 4.36 Å². The van der Waals surface area contributed by atoms with Gasteiger partial charge in [0.2, 0.25) is 0 Å². The number of hydrogen-bond acceptors (Lipinski definition) is 2. The maximum absolute atomic E-state index is 10.6. The van der Waals surface area contributed by atoms with E-state index in [9.17, 15) is 9.00 Å². The second kappa shape index (κ2) is 3.61. The zero-order valence-electron chi connectivity index (χ0n) is 5.79. The molecule has 0 aromatic heterocycles. The van der Waals surface area contributed by atoms with Crippen molar-refractivity contribution >= 4 is 16.5 Å². The maximum Gasteiger partial charge on any atom is 0.256 e. The van der Waals surface area contributed by atoms with Crippen molar-refractivity contribution in [2.75, 3.05) is 6.26 Å². The van der Waals surface area contributed by atoms with Gasteiger partial charge in [-0.2, -0.15) is 4.36 Å². The molecule has 0 fully saturated rings. The number of amides is 1. The Morgan fingerprint density at radius 1 is 1.56 bits per heavy atom. The molecule has 4 heteroatoms. The first-order valence-corrected chi connectivity index (χ1v) is 4.36. The molecule has 54 valence electrons. The molecule has 0 aliphatic heterocycles. The van der Waals surface area contributed by atoms with Crippen molar-refractivity contribution in [3.8, 4) is 0 Å². The molecular weight excluding hydrogens is 138 g/mol. The summed E-state index contributed by atoms with van der Waals surface area (Å²) in [5.74, 6) is -0.414. The summed E-state index contributed by atoms with van der Waals surface area (Å²) in [5.41, 5.74) is 0. The number of carbonyl (C=O) groups excluding carboxylic acids is 1. The summed E-state index contributed by atoms with van der Waals surface area (Å²) in [6, 6.07) is 0. The Morgan fingerprint density at radius 2 is 2.00 bits per heavy atom. The second-order valence-electron chi connectivity index (χ2n) is 2.06. The van der Waals surface area contributed by atoms with Crippen LogP contribution in [0.2, 0.25) is 0 Å². The first kappa shape index (κ1) is 8.62. The predicted octanol–water partition coefficient (Wildman–Crippen LogP) is 0.463. The first-order valence-electron chi connectivity index (χ1n) is 2.70. The molecule has 0 aliphatic carbocycles. The highest BCUT2D eigenvalue weighted by Crippen LogP contribution is 1.94.